The van der Waals surface area contributed by atoms with Gasteiger partial charge in [-0.1, -0.05) is 146 Å². The van der Waals surface area contributed by atoms with Crippen LogP contribution in [0, 0.1) is 0 Å². The first-order valence-electron chi connectivity index (χ1n) is 17.7. The van der Waals surface area contributed by atoms with Gasteiger partial charge in [-0.2, -0.15) is 0 Å². The lowest BCUT2D eigenvalue weighted by Crippen LogP contribution is -2.45. The van der Waals surface area contributed by atoms with E-state index in [2.05, 4.69) is 185 Å². The first kappa shape index (κ1) is 30.2. The van der Waals surface area contributed by atoms with E-state index < -0.39 is 0 Å². The molecular formula is C47H34N4O. The van der Waals surface area contributed by atoms with Crippen molar-refractivity contribution >= 4 is 66.4 Å². The van der Waals surface area contributed by atoms with Crippen molar-refractivity contribution in [2.24, 2.45) is 4.99 Å². The lowest BCUT2D eigenvalue weighted by Gasteiger charge is -2.33. The van der Waals surface area contributed by atoms with Crippen LogP contribution in [0.4, 0.5) is 17.1 Å². The number of amidine groups is 1. The van der Waals surface area contributed by atoms with Gasteiger partial charge in [-0.15, -0.1) is 0 Å². The van der Waals surface area contributed by atoms with E-state index in [1.54, 1.807) is 0 Å². The minimum absolute atomic E-state index is 0.259. The molecule has 2 atom stereocenters. The third-order valence-electron chi connectivity index (χ3n) is 10.1. The molecule has 9 aromatic rings. The lowest BCUT2D eigenvalue weighted by atomic mass is 9.97. The van der Waals surface area contributed by atoms with Crippen molar-refractivity contribution in [2.45, 2.75) is 12.3 Å². The topological polar surface area (TPSA) is 52.8 Å². The standard InChI is InChI=1S/C47H34N4O/c1-4-16-33(17-5-1)45-48-46(34-18-6-2-7-19-34)50-47(49-45)39-27-28-40(44-43(39)42-38-23-13-12-15-32(38)25-29-41(42)52-44)51(36-21-8-3-9-22-36)37-26-24-31-14-10-11-20-35(31)30-37/h1-30,45,47,49H,(H,48,50). The van der Waals surface area contributed by atoms with Crippen molar-refractivity contribution in [3.8, 4) is 0 Å². The quantitative estimate of drug-likeness (QED) is 0.185. The molecule has 1 aliphatic heterocycles. The van der Waals surface area contributed by atoms with Gasteiger partial charge in [0.15, 0.2) is 5.58 Å². The van der Waals surface area contributed by atoms with E-state index in [9.17, 15) is 0 Å². The van der Waals surface area contributed by atoms with Crippen LogP contribution < -0.4 is 15.5 Å². The van der Waals surface area contributed by atoms with E-state index in [-0.39, 0.29) is 12.3 Å². The summed E-state index contributed by atoms with van der Waals surface area (Å²) in [4.78, 5) is 7.50. The van der Waals surface area contributed by atoms with Crippen LogP contribution in [0.2, 0.25) is 0 Å². The monoisotopic (exact) mass is 670 g/mol. The molecule has 248 valence electrons. The van der Waals surface area contributed by atoms with Crippen molar-refractivity contribution in [1.82, 2.24) is 10.6 Å². The average Bonchev–Trinajstić information content (AvgIpc) is 3.63. The number of anilines is 3. The molecule has 0 fully saturated rings. The second kappa shape index (κ2) is 12.6. The molecule has 52 heavy (non-hydrogen) atoms. The van der Waals surface area contributed by atoms with Crippen molar-refractivity contribution < 1.29 is 4.42 Å². The number of nitrogens with one attached hydrogen (secondary N) is 2. The Morgan fingerprint density at radius 3 is 2.02 bits per heavy atom. The SMILES string of the molecule is c1ccc(C2=NC(c3ccccc3)NC(c3ccc(N(c4ccccc4)c4ccc5ccccc5c4)c4oc5ccc6ccccc6c5c34)N2)cc1. The number of fused-ring (bicyclic) bond motifs is 6. The maximum Gasteiger partial charge on any atom is 0.159 e. The zero-order chi connectivity index (χ0) is 34.4. The summed E-state index contributed by atoms with van der Waals surface area (Å²) < 4.78 is 7.03. The second-order valence-electron chi connectivity index (χ2n) is 13.2. The van der Waals surface area contributed by atoms with Gasteiger partial charge < -0.3 is 14.6 Å². The molecule has 2 heterocycles. The van der Waals surface area contributed by atoms with E-state index in [0.717, 1.165) is 66.9 Å². The number of nitrogens with zero attached hydrogens (tertiary/aromatic N) is 2. The normalized spacial score (nSPS) is 15.9. The van der Waals surface area contributed by atoms with Gasteiger partial charge in [0.2, 0.25) is 0 Å². The maximum absolute atomic E-state index is 7.03. The maximum atomic E-state index is 7.03. The third-order valence-corrected chi connectivity index (χ3v) is 10.1. The molecule has 5 nitrogen and oxygen atoms in total. The second-order valence-corrected chi connectivity index (χ2v) is 13.2. The molecule has 1 aromatic heterocycles. The zero-order valence-corrected chi connectivity index (χ0v) is 28.3. The van der Waals surface area contributed by atoms with Crippen molar-refractivity contribution in [3.05, 3.63) is 199 Å². The van der Waals surface area contributed by atoms with Crippen LogP contribution >= 0.6 is 0 Å². The number of para-hydroxylation sites is 1. The van der Waals surface area contributed by atoms with E-state index in [1.807, 2.05) is 12.1 Å². The molecule has 0 saturated carbocycles. The number of hydrogen-bond donors (Lipinski definition) is 2. The Labute approximate surface area is 301 Å². The predicted octanol–water partition coefficient (Wildman–Crippen LogP) is 11.7. The third kappa shape index (κ3) is 5.18. The Bertz CT molecular complexity index is 2760. The molecule has 0 amide bonds. The van der Waals surface area contributed by atoms with E-state index in [4.69, 9.17) is 9.41 Å². The predicted molar refractivity (Wildman–Crippen MR) is 215 cm³/mol. The van der Waals surface area contributed by atoms with Crippen LogP contribution in [0.25, 0.3) is 43.5 Å². The lowest BCUT2D eigenvalue weighted by molar-refractivity contribution is 0.411. The van der Waals surface area contributed by atoms with Crippen LogP contribution in [-0.4, -0.2) is 5.84 Å². The summed E-state index contributed by atoms with van der Waals surface area (Å²) in [6.45, 7) is 0. The fourth-order valence-electron chi connectivity index (χ4n) is 7.66. The number of furan rings is 1. The van der Waals surface area contributed by atoms with Gasteiger partial charge in [-0.3, -0.25) is 5.32 Å². The highest BCUT2D eigenvalue weighted by molar-refractivity contribution is 6.22. The smallest absolute Gasteiger partial charge is 0.159 e. The zero-order valence-electron chi connectivity index (χ0n) is 28.3. The molecule has 0 radical (unpaired) electrons. The molecule has 0 spiro atoms. The molecule has 5 heteroatoms. The van der Waals surface area contributed by atoms with E-state index in [0.29, 0.717) is 0 Å². The molecule has 2 N–H and O–H groups in total. The van der Waals surface area contributed by atoms with Crippen LogP contribution in [0.1, 0.15) is 29.0 Å². The number of hydrogen-bond acceptors (Lipinski definition) is 5. The van der Waals surface area contributed by atoms with Gasteiger partial charge >= 0.3 is 0 Å². The number of rotatable bonds is 6. The fourth-order valence-corrected chi connectivity index (χ4v) is 7.66. The Morgan fingerprint density at radius 2 is 1.21 bits per heavy atom. The summed E-state index contributed by atoms with van der Waals surface area (Å²) >= 11 is 0. The highest BCUT2D eigenvalue weighted by atomic mass is 16.3. The molecular weight excluding hydrogens is 637 g/mol. The summed E-state index contributed by atoms with van der Waals surface area (Å²) in [7, 11) is 0. The van der Waals surface area contributed by atoms with Gasteiger partial charge in [0.1, 0.15) is 23.8 Å². The van der Waals surface area contributed by atoms with Gasteiger partial charge in [-0.25, -0.2) is 4.99 Å². The van der Waals surface area contributed by atoms with Crippen molar-refractivity contribution in [1.29, 1.82) is 0 Å². The van der Waals surface area contributed by atoms with Gasteiger partial charge in [0, 0.05) is 33.3 Å². The number of aliphatic imine (C=N–C) groups is 1. The molecule has 10 rings (SSSR count). The highest BCUT2D eigenvalue weighted by Gasteiger charge is 2.30. The minimum atomic E-state index is -0.278. The van der Waals surface area contributed by atoms with Crippen LogP contribution in [0.5, 0.6) is 0 Å². The Morgan fingerprint density at radius 1 is 0.538 bits per heavy atom. The largest absolute Gasteiger partial charge is 0.454 e. The van der Waals surface area contributed by atoms with Gasteiger partial charge in [0.05, 0.1) is 5.69 Å². The van der Waals surface area contributed by atoms with Gasteiger partial charge in [-0.05, 0) is 63.5 Å². The van der Waals surface area contributed by atoms with Gasteiger partial charge in [0.25, 0.3) is 0 Å². The molecule has 0 saturated heterocycles. The highest BCUT2D eigenvalue weighted by Crippen LogP contribution is 2.46. The average molecular weight is 671 g/mol. The Kier molecular flexibility index (Phi) is 7.29. The first-order chi connectivity index (χ1) is 25.8. The molecule has 2 unspecified atom stereocenters. The summed E-state index contributed by atoms with van der Waals surface area (Å²) in [5.41, 5.74) is 7.97. The summed E-state index contributed by atoms with van der Waals surface area (Å²) in [5, 5.41) is 14.5. The summed E-state index contributed by atoms with van der Waals surface area (Å²) in [6, 6.07) is 63.8. The Hall–Kier alpha value is -6.69. The van der Waals surface area contributed by atoms with Crippen molar-refractivity contribution in [3.63, 3.8) is 0 Å². The molecule has 0 bridgehead atoms. The van der Waals surface area contributed by atoms with Crippen LogP contribution in [0.3, 0.4) is 0 Å². The first-order valence-corrected chi connectivity index (χ1v) is 17.7. The molecule has 0 aliphatic carbocycles. The number of benzene rings is 8. The van der Waals surface area contributed by atoms with Crippen LogP contribution in [-0.2, 0) is 0 Å². The summed E-state index contributed by atoms with van der Waals surface area (Å²) in [6.07, 6.45) is -0.536. The van der Waals surface area contributed by atoms with E-state index >= 15 is 0 Å². The molecule has 1 aliphatic rings. The van der Waals surface area contributed by atoms with Crippen molar-refractivity contribution in [2.75, 3.05) is 4.90 Å². The Balaban J connectivity index is 1.23. The van der Waals surface area contributed by atoms with Crippen LogP contribution in [0.15, 0.2) is 191 Å². The minimum Gasteiger partial charge on any atom is -0.454 e. The fraction of sp³-hybridized carbons (Fsp3) is 0.0426. The molecule has 8 aromatic carbocycles. The van der Waals surface area contributed by atoms with E-state index in [1.165, 1.54) is 16.2 Å². The summed E-state index contributed by atoms with van der Waals surface area (Å²) in [5.74, 6) is 0.843.